The number of rotatable bonds is 8. The van der Waals surface area contributed by atoms with E-state index in [1.165, 1.54) is 19.3 Å². The van der Waals surface area contributed by atoms with Gasteiger partial charge in [0.05, 0.1) is 6.10 Å². The molecule has 0 rings (SSSR count). The van der Waals surface area contributed by atoms with E-state index in [9.17, 15) is 0 Å². The van der Waals surface area contributed by atoms with Crippen molar-refractivity contribution in [1.29, 1.82) is 0 Å². The molecule has 13 heavy (non-hydrogen) atoms. The molecule has 0 aliphatic rings. The van der Waals surface area contributed by atoms with Gasteiger partial charge in [-0.1, -0.05) is 20.3 Å². The monoisotopic (exact) mass is 187 g/mol. The predicted octanol–water partition coefficient (Wildman–Crippen LogP) is 2.58. The average molecular weight is 187 g/mol. The van der Waals surface area contributed by atoms with Crippen LogP contribution in [0.3, 0.4) is 0 Å². The fourth-order valence-electron chi connectivity index (χ4n) is 1.54. The number of methoxy groups -OCH3 is 1. The summed E-state index contributed by atoms with van der Waals surface area (Å²) in [7, 11) is 1.78. The van der Waals surface area contributed by atoms with E-state index in [1.807, 2.05) is 0 Å². The van der Waals surface area contributed by atoms with Gasteiger partial charge >= 0.3 is 0 Å². The summed E-state index contributed by atoms with van der Waals surface area (Å²) >= 11 is 0. The molecule has 0 heterocycles. The summed E-state index contributed by atoms with van der Waals surface area (Å²) in [5.74, 6) is 0. The van der Waals surface area contributed by atoms with Crippen molar-refractivity contribution in [2.75, 3.05) is 13.7 Å². The Balaban J connectivity index is 3.55. The van der Waals surface area contributed by atoms with Crippen molar-refractivity contribution in [1.82, 2.24) is 5.32 Å². The highest BCUT2D eigenvalue weighted by Gasteiger charge is 2.07. The minimum absolute atomic E-state index is 0.401. The van der Waals surface area contributed by atoms with Crippen LogP contribution in [0, 0.1) is 0 Å². The van der Waals surface area contributed by atoms with Crippen molar-refractivity contribution < 1.29 is 4.74 Å². The van der Waals surface area contributed by atoms with Gasteiger partial charge in [-0.15, -0.1) is 0 Å². The van der Waals surface area contributed by atoms with Crippen LogP contribution in [0.4, 0.5) is 0 Å². The molecule has 0 aliphatic carbocycles. The molecular weight excluding hydrogens is 162 g/mol. The molecule has 2 nitrogen and oxygen atoms in total. The van der Waals surface area contributed by atoms with E-state index in [0.717, 1.165) is 13.0 Å². The predicted molar refractivity (Wildman–Crippen MR) is 58.1 cm³/mol. The maximum atomic E-state index is 5.23. The van der Waals surface area contributed by atoms with Crippen LogP contribution in [0.15, 0.2) is 0 Å². The van der Waals surface area contributed by atoms with Crippen LogP contribution in [-0.2, 0) is 4.74 Å². The van der Waals surface area contributed by atoms with Crippen LogP contribution in [0.1, 0.15) is 46.5 Å². The molecule has 0 saturated heterocycles. The van der Waals surface area contributed by atoms with Crippen LogP contribution in [0.2, 0.25) is 0 Å². The maximum Gasteiger partial charge on any atom is 0.0543 e. The normalized spacial score (nSPS) is 15.7. The SMILES string of the molecule is CCCC(CCC(C)OC)NCC. The molecule has 80 valence electrons. The number of hydrogen-bond donors (Lipinski definition) is 1. The number of nitrogens with one attached hydrogen (secondary N) is 1. The van der Waals surface area contributed by atoms with Crippen molar-refractivity contribution in [3.05, 3.63) is 0 Å². The molecule has 0 saturated carbocycles. The molecule has 2 unspecified atom stereocenters. The quantitative estimate of drug-likeness (QED) is 0.630. The van der Waals surface area contributed by atoms with E-state index in [1.54, 1.807) is 7.11 Å². The van der Waals surface area contributed by atoms with Gasteiger partial charge in [0.25, 0.3) is 0 Å². The molecule has 0 aromatic rings. The summed E-state index contributed by atoms with van der Waals surface area (Å²) in [6.45, 7) is 7.62. The Bertz CT molecular complexity index is 100. The van der Waals surface area contributed by atoms with Crippen molar-refractivity contribution in [2.45, 2.75) is 58.6 Å². The highest BCUT2D eigenvalue weighted by atomic mass is 16.5. The van der Waals surface area contributed by atoms with Gasteiger partial charge in [-0.2, -0.15) is 0 Å². The minimum Gasteiger partial charge on any atom is -0.382 e. The maximum absolute atomic E-state index is 5.23. The lowest BCUT2D eigenvalue weighted by Crippen LogP contribution is -2.29. The van der Waals surface area contributed by atoms with E-state index in [-0.39, 0.29) is 0 Å². The third kappa shape index (κ3) is 7.03. The second kappa shape index (κ2) is 8.52. The van der Waals surface area contributed by atoms with Gasteiger partial charge in [0.1, 0.15) is 0 Å². The minimum atomic E-state index is 0.401. The Labute approximate surface area is 83.1 Å². The molecule has 0 aromatic carbocycles. The average Bonchev–Trinajstić information content (AvgIpc) is 2.14. The summed E-state index contributed by atoms with van der Waals surface area (Å²) in [6, 6.07) is 0.688. The smallest absolute Gasteiger partial charge is 0.0543 e. The molecule has 0 fully saturated rings. The van der Waals surface area contributed by atoms with E-state index >= 15 is 0 Å². The highest BCUT2D eigenvalue weighted by molar-refractivity contribution is 4.66. The Morgan fingerprint density at radius 1 is 1.15 bits per heavy atom. The first-order chi connectivity index (χ1) is 6.24. The van der Waals surface area contributed by atoms with Gasteiger partial charge in [0, 0.05) is 13.2 Å². The highest BCUT2D eigenvalue weighted by Crippen LogP contribution is 2.08. The first-order valence-electron chi connectivity index (χ1n) is 5.50. The van der Waals surface area contributed by atoms with Crippen molar-refractivity contribution in [2.24, 2.45) is 0 Å². The molecule has 0 bridgehead atoms. The molecule has 0 amide bonds. The van der Waals surface area contributed by atoms with Crippen LogP contribution in [0.25, 0.3) is 0 Å². The lowest BCUT2D eigenvalue weighted by atomic mass is 10.0. The second-order valence-electron chi connectivity index (χ2n) is 3.67. The van der Waals surface area contributed by atoms with Crippen molar-refractivity contribution in [3.63, 3.8) is 0 Å². The van der Waals surface area contributed by atoms with Gasteiger partial charge in [0.2, 0.25) is 0 Å². The zero-order valence-electron chi connectivity index (χ0n) is 9.60. The first kappa shape index (κ1) is 12.9. The zero-order chi connectivity index (χ0) is 10.1. The topological polar surface area (TPSA) is 21.3 Å². The molecule has 2 heteroatoms. The molecular formula is C11H25NO. The van der Waals surface area contributed by atoms with Gasteiger partial charge in [0.15, 0.2) is 0 Å². The molecule has 2 atom stereocenters. The summed E-state index contributed by atoms with van der Waals surface area (Å²) < 4.78 is 5.23. The van der Waals surface area contributed by atoms with Crippen molar-refractivity contribution in [3.8, 4) is 0 Å². The molecule has 0 aromatic heterocycles. The fraction of sp³-hybridized carbons (Fsp3) is 1.00. The lowest BCUT2D eigenvalue weighted by Gasteiger charge is -2.18. The second-order valence-corrected chi connectivity index (χ2v) is 3.67. The molecule has 0 aliphatic heterocycles. The standard InChI is InChI=1S/C11H25NO/c1-5-7-11(12-6-2)9-8-10(3)13-4/h10-12H,5-9H2,1-4H3. The molecule has 1 N–H and O–H groups in total. The van der Waals surface area contributed by atoms with Crippen LogP contribution in [-0.4, -0.2) is 25.8 Å². The largest absolute Gasteiger partial charge is 0.382 e. The summed E-state index contributed by atoms with van der Waals surface area (Å²) in [5.41, 5.74) is 0. The Morgan fingerprint density at radius 2 is 1.85 bits per heavy atom. The van der Waals surface area contributed by atoms with Gasteiger partial charge in [-0.25, -0.2) is 0 Å². The van der Waals surface area contributed by atoms with Crippen LogP contribution in [0.5, 0.6) is 0 Å². The number of hydrogen-bond acceptors (Lipinski definition) is 2. The van der Waals surface area contributed by atoms with E-state index in [0.29, 0.717) is 12.1 Å². The fourth-order valence-corrected chi connectivity index (χ4v) is 1.54. The van der Waals surface area contributed by atoms with Gasteiger partial charge in [-0.3, -0.25) is 0 Å². The third-order valence-electron chi connectivity index (χ3n) is 2.45. The third-order valence-corrected chi connectivity index (χ3v) is 2.45. The van der Waals surface area contributed by atoms with E-state index in [4.69, 9.17) is 4.74 Å². The van der Waals surface area contributed by atoms with Gasteiger partial charge in [-0.05, 0) is 32.7 Å². The van der Waals surface area contributed by atoms with Gasteiger partial charge < -0.3 is 10.1 Å². The van der Waals surface area contributed by atoms with Crippen LogP contribution < -0.4 is 5.32 Å². The number of ether oxygens (including phenoxy) is 1. The lowest BCUT2D eigenvalue weighted by molar-refractivity contribution is 0.105. The summed E-state index contributed by atoms with van der Waals surface area (Å²) in [4.78, 5) is 0. The summed E-state index contributed by atoms with van der Waals surface area (Å²) in [5, 5.41) is 3.51. The zero-order valence-corrected chi connectivity index (χ0v) is 9.60. The molecule has 0 spiro atoms. The first-order valence-corrected chi connectivity index (χ1v) is 5.50. The van der Waals surface area contributed by atoms with Crippen molar-refractivity contribution >= 4 is 0 Å². The molecule has 0 radical (unpaired) electrons. The van der Waals surface area contributed by atoms with Crippen LogP contribution >= 0.6 is 0 Å². The summed E-state index contributed by atoms with van der Waals surface area (Å²) in [6.07, 6.45) is 5.34. The van der Waals surface area contributed by atoms with E-state index < -0.39 is 0 Å². The Hall–Kier alpha value is -0.0800. The Kier molecular flexibility index (Phi) is 8.46. The van der Waals surface area contributed by atoms with E-state index in [2.05, 4.69) is 26.1 Å². The Morgan fingerprint density at radius 3 is 2.31 bits per heavy atom.